The quantitative estimate of drug-likeness (QED) is 0.422. The zero-order valence-electron chi connectivity index (χ0n) is 12.3. The zero-order chi connectivity index (χ0) is 15.8. The van der Waals surface area contributed by atoms with Crippen molar-refractivity contribution in [2.75, 3.05) is 17.7 Å². The first-order valence-corrected chi connectivity index (χ1v) is 8.41. The molecule has 1 rings (SSSR count). The molecule has 0 aliphatic rings. The van der Waals surface area contributed by atoms with Crippen LogP contribution in [0.2, 0.25) is 0 Å². The molecule has 1 amide bonds. The molecule has 1 aromatic heterocycles. The third-order valence-corrected chi connectivity index (χ3v) is 4.26. The van der Waals surface area contributed by atoms with E-state index in [1.54, 1.807) is 6.92 Å². The molecule has 0 radical (unpaired) electrons. The summed E-state index contributed by atoms with van der Waals surface area (Å²) in [6, 6.07) is -0.565. The Morgan fingerprint density at radius 1 is 1.43 bits per heavy atom. The maximum absolute atomic E-state index is 11.8. The molecule has 0 aromatic carbocycles. The van der Waals surface area contributed by atoms with Gasteiger partial charge in [0.2, 0.25) is 11.0 Å². The summed E-state index contributed by atoms with van der Waals surface area (Å²) >= 11 is 2.43. The van der Waals surface area contributed by atoms with E-state index in [0.717, 1.165) is 0 Å². The highest BCUT2D eigenvalue weighted by molar-refractivity contribution is 8.01. The van der Waals surface area contributed by atoms with Crippen LogP contribution in [-0.2, 0) is 14.3 Å². The minimum Gasteiger partial charge on any atom is -0.465 e. The topological polar surface area (TPSA) is 107 Å². The van der Waals surface area contributed by atoms with Gasteiger partial charge in [0, 0.05) is 0 Å². The maximum Gasteiger partial charge on any atom is 0.316 e. The summed E-state index contributed by atoms with van der Waals surface area (Å²) in [6.45, 7) is 6.11. The second kappa shape index (κ2) is 8.96. The van der Waals surface area contributed by atoms with Crippen LogP contribution in [0.1, 0.15) is 27.2 Å². The molecule has 118 valence electrons. The molecule has 1 aromatic rings. The van der Waals surface area contributed by atoms with Gasteiger partial charge in [-0.1, -0.05) is 36.9 Å². The second-order valence-corrected chi connectivity index (χ2v) is 6.89. The number of hydrogen-bond donors (Lipinski definition) is 2. The average molecular weight is 332 g/mol. The lowest BCUT2D eigenvalue weighted by molar-refractivity contribution is -0.139. The van der Waals surface area contributed by atoms with Gasteiger partial charge in [-0.05, 0) is 19.3 Å². The Kier molecular flexibility index (Phi) is 7.62. The predicted molar refractivity (Wildman–Crippen MR) is 83.3 cm³/mol. The van der Waals surface area contributed by atoms with E-state index in [-0.39, 0.29) is 17.6 Å². The number of esters is 1. The van der Waals surface area contributed by atoms with E-state index in [1.807, 2.05) is 13.8 Å². The van der Waals surface area contributed by atoms with Crippen molar-refractivity contribution in [2.24, 2.45) is 11.7 Å². The molecule has 21 heavy (non-hydrogen) atoms. The number of nitrogens with two attached hydrogens (primary N) is 1. The van der Waals surface area contributed by atoms with Gasteiger partial charge in [-0.15, -0.1) is 10.2 Å². The monoisotopic (exact) mass is 332 g/mol. The summed E-state index contributed by atoms with van der Waals surface area (Å²) in [6.07, 6.45) is 0.606. The molecule has 1 atom stereocenters. The van der Waals surface area contributed by atoms with Crippen LogP contribution in [0, 0.1) is 5.92 Å². The number of ether oxygens (including phenoxy) is 1. The van der Waals surface area contributed by atoms with Crippen molar-refractivity contribution in [3.63, 3.8) is 0 Å². The molecule has 0 aliphatic heterocycles. The number of carbonyl (C=O) groups is 2. The van der Waals surface area contributed by atoms with Crippen LogP contribution < -0.4 is 11.1 Å². The fourth-order valence-corrected chi connectivity index (χ4v) is 3.01. The third-order valence-electron chi connectivity index (χ3n) is 2.32. The molecule has 0 unspecified atom stereocenters. The molecule has 0 saturated heterocycles. The zero-order valence-corrected chi connectivity index (χ0v) is 13.9. The Bertz CT molecular complexity index is 479. The summed E-state index contributed by atoms with van der Waals surface area (Å²) in [4.78, 5) is 23.1. The van der Waals surface area contributed by atoms with Crippen LogP contribution >= 0.6 is 23.1 Å². The summed E-state index contributed by atoms with van der Waals surface area (Å²) in [5.74, 6) is -0.0663. The van der Waals surface area contributed by atoms with Crippen molar-refractivity contribution >= 4 is 40.1 Å². The van der Waals surface area contributed by atoms with E-state index in [9.17, 15) is 9.59 Å². The van der Waals surface area contributed by atoms with E-state index in [1.165, 1.54) is 23.1 Å². The minimum absolute atomic E-state index is 0.170. The SMILES string of the molecule is CCOC(=O)CSc1nnc(NC(=O)[C@@H](N)CC(C)C)s1. The van der Waals surface area contributed by atoms with Gasteiger partial charge < -0.3 is 10.5 Å². The smallest absolute Gasteiger partial charge is 0.316 e. The van der Waals surface area contributed by atoms with Gasteiger partial charge in [0.15, 0.2) is 4.34 Å². The average Bonchev–Trinajstić information content (AvgIpc) is 2.83. The molecular formula is C12H20N4O3S2. The van der Waals surface area contributed by atoms with Crippen molar-refractivity contribution < 1.29 is 14.3 Å². The van der Waals surface area contributed by atoms with Crippen LogP contribution in [0.5, 0.6) is 0 Å². The maximum atomic E-state index is 11.8. The summed E-state index contributed by atoms with van der Waals surface area (Å²) in [5.41, 5.74) is 5.78. The highest BCUT2D eigenvalue weighted by atomic mass is 32.2. The first-order valence-electron chi connectivity index (χ1n) is 6.60. The van der Waals surface area contributed by atoms with Gasteiger partial charge in [-0.3, -0.25) is 14.9 Å². The highest BCUT2D eigenvalue weighted by Crippen LogP contribution is 2.25. The van der Waals surface area contributed by atoms with Crippen molar-refractivity contribution in [1.82, 2.24) is 10.2 Å². The lowest BCUT2D eigenvalue weighted by Crippen LogP contribution is -2.36. The summed E-state index contributed by atoms with van der Waals surface area (Å²) in [7, 11) is 0. The number of amides is 1. The molecule has 0 spiro atoms. The van der Waals surface area contributed by atoms with Crippen LogP contribution in [0.25, 0.3) is 0 Å². The van der Waals surface area contributed by atoms with Gasteiger partial charge in [0.1, 0.15) is 0 Å². The number of hydrogen-bond acceptors (Lipinski definition) is 8. The number of nitrogens with one attached hydrogen (secondary N) is 1. The Labute approximate surface area is 132 Å². The van der Waals surface area contributed by atoms with Gasteiger partial charge in [0.05, 0.1) is 18.4 Å². The van der Waals surface area contributed by atoms with E-state index >= 15 is 0 Å². The second-order valence-electron chi connectivity index (χ2n) is 4.69. The Morgan fingerprint density at radius 2 is 2.14 bits per heavy atom. The summed E-state index contributed by atoms with van der Waals surface area (Å²) < 4.78 is 5.41. The van der Waals surface area contributed by atoms with Crippen molar-refractivity contribution in [3.8, 4) is 0 Å². The van der Waals surface area contributed by atoms with Gasteiger partial charge >= 0.3 is 5.97 Å². The number of rotatable bonds is 8. The van der Waals surface area contributed by atoms with Crippen molar-refractivity contribution in [1.29, 1.82) is 0 Å². The van der Waals surface area contributed by atoms with E-state index < -0.39 is 6.04 Å². The highest BCUT2D eigenvalue weighted by Gasteiger charge is 2.17. The predicted octanol–water partition coefficient (Wildman–Crippen LogP) is 1.51. The first-order chi connectivity index (χ1) is 9.92. The van der Waals surface area contributed by atoms with Crippen LogP contribution in [0.3, 0.4) is 0 Å². The van der Waals surface area contributed by atoms with Gasteiger partial charge in [-0.25, -0.2) is 0 Å². The fourth-order valence-electron chi connectivity index (χ4n) is 1.45. The number of anilines is 1. The number of aromatic nitrogens is 2. The molecule has 0 saturated carbocycles. The Balaban J connectivity index is 2.44. The lowest BCUT2D eigenvalue weighted by Gasteiger charge is -2.12. The molecule has 0 aliphatic carbocycles. The Hall–Kier alpha value is -1.19. The lowest BCUT2D eigenvalue weighted by atomic mass is 10.0. The van der Waals surface area contributed by atoms with Crippen molar-refractivity contribution in [3.05, 3.63) is 0 Å². The van der Waals surface area contributed by atoms with Gasteiger partial charge in [0.25, 0.3) is 0 Å². The molecule has 9 heteroatoms. The number of carbonyl (C=O) groups excluding carboxylic acids is 2. The van der Waals surface area contributed by atoms with Crippen LogP contribution in [0.4, 0.5) is 5.13 Å². The normalized spacial score (nSPS) is 12.2. The number of nitrogens with zero attached hydrogens (tertiary/aromatic N) is 2. The molecule has 0 bridgehead atoms. The molecule has 1 heterocycles. The minimum atomic E-state index is -0.565. The standard InChI is InChI=1S/C12H20N4O3S2/c1-4-19-9(17)6-20-12-16-15-11(21-12)14-10(18)8(13)5-7(2)3/h7-8H,4-6,13H2,1-3H3,(H,14,15,18)/t8-/m0/s1. The Morgan fingerprint density at radius 3 is 2.76 bits per heavy atom. The number of thioether (sulfide) groups is 1. The van der Waals surface area contributed by atoms with E-state index in [2.05, 4.69) is 15.5 Å². The van der Waals surface area contributed by atoms with E-state index in [4.69, 9.17) is 10.5 Å². The van der Waals surface area contributed by atoms with Crippen molar-refractivity contribution in [2.45, 2.75) is 37.6 Å². The van der Waals surface area contributed by atoms with Crippen LogP contribution in [0.15, 0.2) is 4.34 Å². The molecular weight excluding hydrogens is 312 g/mol. The van der Waals surface area contributed by atoms with E-state index in [0.29, 0.717) is 28.4 Å². The largest absolute Gasteiger partial charge is 0.465 e. The molecule has 0 fully saturated rings. The van der Waals surface area contributed by atoms with Crippen LogP contribution in [-0.4, -0.2) is 40.5 Å². The first kappa shape index (κ1) is 17.9. The summed E-state index contributed by atoms with van der Waals surface area (Å²) in [5, 5.41) is 10.8. The molecule has 3 N–H and O–H groups in total. The van der Waals surface area contributed by atoms with Gasteiger partial charge in [-0.2, -0.15) is 0 Å². The third kappa shape index (κ3) is 6.87. The fraction of sp³-hybridized carbons (Fsp3) is 0.667. The molecule has 7 nitrogen and oxygen atoms in total.